The highest BCUT2D eigenvalue weighted by Gasteiger charge is 2.14. The summed E-state index contributed by atoms with van der Waals surface area (Å²) in [6.07, 6.45) is 4.69. The molecule has 0 aliphatic rings. The third kappa shape index (κ3) is 2.91. The third-order valence-electron chi connectivity index (χ3n) is 2.51. The molecular formula is C7H10N12. The monoisotopic (exact) mass is 262 g/mol. The summed E-state index contributed by atoms with van der Waals surface area (Å²) in [6, 6.07) is 0. The van der Waals surface area contributed by atoms with Crippen molar-refractivity contribution >= 4 is 0 Å². The standard InChI is InChI=1S/C7H10N12/c1(17-4-8-11-14-17)7(2-18-5-9-12-15-18)3-19-6-10-13-16-19/h4-7H,1-3H2. The van der Waals surface area contributed by atoms with Crippen LogP contribution in [0.4, 0.5) is 0 Å². The van der Waals surface area contributed by atoms with Gasteiger partial charge in [0.1, 0.15) is 19.0 Å². The van der Waals surface area contributed by atoms with Gasteiger partial charge in [0.2, 0.25) is 0 Å². The molecule has 0 fully saturated rings. The Labute approximate surface area is 106 Å². The summed E-state index contributed by atoms with van der Waals surface area (Å²) in [5, 5.41) is 33.2. The predicted octanol–water partition coefficient (Wildman–Crippen LogP) is -2.34. The fourth-order valence-electron chi connectivity index (χ4n) is 1.76. The molecule has 0 N–H and O–H groups in total. The van der Waals surface area contributed by atoms with Crippen LogP contribution in [0.3, 0.4) is 0 Å². The molecule has 19 heavy (non-hydrogen) atoms. The largest absolute Gasteiger partial charge is 0.232 e. The molecule has 0 bridgehead atoms. The van der Waals surface area contributed by atoms with E-state index >= 15 is 0 Å². The lowest BCUT2D eigenvalue weighted by atomic mass is 10.1. The second-order valence-electron chi connectivity index (χ2n) is 3.96. The zero-order valence-electron chi connectivity index (χ0n) is 9.80. The average molecular weight is 262 g/mol. The van der Waals surface area contributed by atoms with Gasteiger partial charge in [-0.15, -0.1) is 15.3 Å². The molecule has 3 aromatic heterocycles. The number of aromatic nitrogens is 12. The lowest BCUT2D eigenvalue weighted by molar-refractivity contribution is 0.295. The molecule has 0 atom stereocenters. The number of nitrogens with zero attached hydrogens (tertiary/aromatic N) is 12. The van der Waals surface area contributed by atoms with E-state index in [-0.39, 0.29) is 5.92 Å². The quantitative estimate of drug-likeness (QED) is 0.479. The van der Waals surface area contributed by atoms with Gasteiger partial charge in [-0.3, -0.25) is 0 Å². The smallest absolute Gasteiger partial charge is 0.138 e. The van der Waals surface area contributed by atoms with Crippen molar-refractivity contribution in [2.45, 2.75) is 19.6 Å². The fourth-order valence-corrected chi connectivity index (χ4v) is 1.76. The van der Waals surface area contributed by atoms with Gasteiger partial charge >= 0.3 is 0 Å². The van der Waals surface area contributed by atoms with Crippen LogP contribution in [-0.4, -0.2) is 60.6 Å². The Bertz CT molecular complexity index is 481. The number of hydrogen-bond acceptors (Lipinski definition) is 9. The average Bonchev–Trinajstić information content (AvgIpc) is 3.10. The molecule has 3 aromatic rings. The van der Waals surface area contributed by atoms with Gasteiger partial charge in [0, 0.05) is 5.92 Å². The van der Waals surface area contributed by atoms with Gasteiger partial charge < -0.3 is 0 Å². The van der Waals surface area contributed by atoms with Gasteiger partial charge in [0.05, 0.1) is 19.6 Å². The van der Waals surface area contributed by atoms with E-state index < -0.39 is 0 Å². The molecule has 0 aromatic carbocycles. The Hall–Kier alpha value is -2.79. The number of hydrogen-bond donors (Lipinski definition) is 0. The molecule has 0 aliphatic heterocycles. The molecule has 12 nitrogen and oxygen atoms in total. The van der Waals surface area contributed by atoms with Crippen molar-refractivity contribution in [1.82, 2.24) is 60.6 Å². The van der Waals surface area contributed by atoms with Crippen molar-refractivity contribution in [3.8, 4) is 0 Å². The third-order valence-corrected chi connectivity index (χ3v) is 2.51. The van der Waals surface area contributed by atoms with E-state index in [4.69, 9.17) is 0 Å². The van der Waals surface area contributed by atoms with E-state index in [0.717, 1.165) is 0 Å². The Kier molecular flexibility index (Phi) is 3.12. The number of rotatable bonds is 6. The fraction of sp³-hybridized carbons (Fsp3) is 0.571. The van der Waals surface area contributed by atoms with Gasteiger partial charge in [0.15, 0.2) is 0 Å². The Balaban J connectivity index is 1.70. The van der Waals surface area contributed by atoms with Crippen molar-refractivity contribution < 1.29 is 0 Å². The highest BCUT2D eigenvalue weighted by molar-refractivity contribution is 4.63. The van der Waals surface area contributed by atoms with Crippen LogP contribution in [-0.2, 0) is 19.6 Å². The van der Waals surface area contributed by atoms with E-state index in [2.05, 4.69) is 46.6 Å². The first-order valence-electron chi connectivity index (χ1n) is 5.52. The summed E-state index contributed by atoms with van der Waals surface area (Å²) in [5.74, 6) is 0.149. The zero-order valence-corrected chi connectivity index (χ0v) is 9.80. The first-order valence-corrected chi connectivity index (χ1v) is 5.52. The summed E-state index contributed by atoms with van der Waals surface area (Å²) in [7, 11) is 0. The van der Waals surface area contributed by atoms with Gasteiger partial charge in [-0.1, -0.05) is 0 Å². The molecule has 98 valence electrons. The second kappa shape index (κ2) is 5.24. The lowest BCUT2D eigenvalue weighted by Crippen LogP contribution is -2.23. The minimum absolute atomic E-state index is 0.149. The van der Waals surface area contributed by atoms with Crippen molar-refractivity contribution in [1.29, 1.82) is 0 Å². The van der Waals surface area contributed by atoms with Crippen molar-refractivity contribution in [2.24, 2.45) is 5.92 Å². The molecule has 0 unspecified atom stereocenters. The van der Waals surface area contributed by atoms with E-state index in [1.165, 1.54) is 0 Å². The molecule has 0 aliphatic carbocycles. The molecule has 12 heteroatoms. The summed E-state index contributed by atoms with van der Waals surface area (Å²) in [5.41, 5.74) is 0. The molecule has 0 amide bonds. The van der Waals surface area contributed by atoms with Crippen LogP contribution >= 0.6 is 0 Å². The zero-order chi connectivity index (χ0) is 12.9. The lowest BCUT2D eigenvalue weighted by Gasteiger charge is -2.14. The second-order valence-corrected chi connectivity index (χ2v) is 3.96. The van der Waals surface area contributed by atoms with Gasteiger partial charge in [-0.05, 0) is 31.3 Å². The van der Waals surface area contributed by atoms with E-state index in [9.17, 15) is 0 Å². The normalized spacial score (nSPS) is 11.2. The van der Waals surface area contributed by atoms with Crippen molar-refractivity contribution in [2.75, 3.05) is 0 Å². The summed E-state index contributed by atoms with van der Waals surface area (Å²) in [6.45, 7) is 1.85. The summed E-state index contributed by atoms with van der Waals surface area (Å²) >= 11 is 0. The molecule has 0 radical (unpaired) electrons. The van der Waals surface area contributed by atoms with Crippen LogP contribution in [0.15, 0.2) is 19.0 Å². The summed E-state index contributed by atoms with van der Waals surface area (Å²) in [4.78, 5) is 0. The highest BCUT2D eigenvalue weighted by atomic mass is 15.6. The predicted molar refractivity (Wildman–Crippen MR) is 56.9 cm³/mol. The maximum absolute atomic E-state index is 3.85. The van der Waals surface area contributed by atoms with E-state index in [0.29, 0.717) is 19.6 Å². The molecule has 0 saturated carbocycles. The van der Waals surface area contributed by atoms with Crippen LogP contribution in [0.1, 0.15) is 0 Å². The maximum atomic E-state index is 3.85. The van der Waals surface area contributed by atoms with E-state index in [1.807, 2.05) is 0 Å². The Morgan fingerprint density at radius 2 is 1.00 bits per heavy atom. The molecule has 3 heterocycles. The van der Waals surface area contributed by atoms with Gasteiger partial charge in [-0.2, -0.15) is 0 Å². The topological polar surface area (TPSA) is 131 Å². The van der Waals surface area contributed by atoms with Gasteiger partial charge in [0.25, 0.3) is 0 Å². The SMILES string of the molecule is c1nnnn1CC(Cn1cnnn1)Cn1cnnn1. The minimum atomic E-state index is 0.149. The maximum Gasteiger partial charge on any atom is 0.138 e. The first kappa shape index (κ1) is 11.3. The molecule has 3 rings (SSSR count). The Morgan fingerprint density at radius 3 is 1.26 bits per heavy atom. The molecular weight excluding hydrogens is 252 g/mol. The molecule has 0 saturated heterocycles. The first-order chi connectivity index (χ1) is 9.40. The van der Waals surface area contributed by atoms with E-state index in [1.54, 1.807) is 33.0 Å². The van der Waals surface area contributed by atoms with Crippen molar-refractivity contribution in [3.05, 3.63) is 19.0 Å². The Morgan fingerprint density at radius 1 is 0.632 bits per heavy atom. The van der Waals surface area contributed by atoms with Crippen LogP contribution in [0.25, 0.3) is 0 Å². The van der Waals surface area contributed by atoms with Crippen molar-refractivity contribution in [3.63, 3.8) is 0 Å². The van der Waals surface area contributed by atoms with Crippen LogP contribution < -0.4 is 0 Å². The summed E-state index contributed by atoms with van der Waals surface area (Å²) < 4.78 is 4.96. The van der Waals surface area contributed by atoms with Crippen LogP contribution in [0, 0.1) is 5.92 Å². The highest BCUT2D eigenvalue weighted by Crippen LogP contribution is 2.06. The van der Waals surface area contributed by atoms with Crippen LogP contribution in [0.5, 0.6) is 0 Å². The number of tetrazole rings is 3. The molecule has 0 spiro atoms. The minimum Gasteiger partial charge on any atom is -0.232 e. The van der Waals surface area contributed by atoms with Crippen LogP contribution in [0.2, 0.25) is 0 Å². The van der Waals surface area contributed by atoms with Gasteiger partial charge in [-0.25, -0.2) is 14.0 Å².